The molecule has 3 aromatic rings. The molecule has 27 heavy (non-hydrogen) atoms. The van der Waals surface area contributed by atoms with E-state index < -0.39 is 0 Å². The van der Waals surface area contributed by atoms with Crippen LogP contribution in [0.2, 0.25) is 5.02 Å². The summed E-state index contributed by atoms with van der Waals surface area (Å²) in [4.78, 5) is 20.4. The van der Waals surface area contributed by atoms with Crippen molar-refractivity contribution in [2.45, 2.75) is 6.54 Å². The molecule has 1 N–H and O–H groups in total. The molecule has 6 heteroatoms. The van der Waals surface area contributed by atoms with Crippen LogP contribution in [-0.2, 0) is 6.54 Å². The highest BCUT2D eigenvalue weighted by Crippen LogP contribution is 2.31. The van der Waals surface area contributed by atoms with Gasteiger partial charge in [-0.1, -0.05) is 41.9 Å². The zero-order valence-corrected chi connectivity index (χ0v) is 16.6. The number of benzene rings is 2. The Labute approximate surface area is 164 Å². The van der Waals surface area contributed by atoms with Gasteiger partial charge < -0.3 is 19.5 Å². The number of fused-ring (bicyclic) bond motifs is 1. The third-order valence-electron chi connectivity index (χ3n) is 4.51. The van der Waals surface area contributed by atoms with E-state index in [4.69, 9.17) is 16.3 Å². The molecule has 142 valence electrons. The number of hydrogen-bond donors (Lipinski definition) is 1. The number of methoxy groups -OCH3 is 1. The Balaban J connectivity index is 1.94. The van der Waals surface area contributed by atoms with E-state index in [0.29, 0.717) is 29.4 Å². The van der Waals surface area contributed by atoms with Crippen molar-refractivity contribution in [2.24, 2.45) is 0 Å². The van der Waals surface area contributed by atoms with Crippen molar-refractivity contribution < 1.29 is 9.53 Å². The van der Waals surface area contributed by atoms with Gasteiger partial charge in [0.2, 0.25) is 0 Å². The van der Waals surface area contributed by atoms with Gasteiger partial charge in [-0.05, 0) is 31.8 Å². The summed E-state index contributed by atoms with van der Waals surface area (Å²) in [5, 5.41) is 1.32. The predicted octanol–water partition coefficient (Wildman–Crippen LogP) is 4.03. The van der Waals surface area contributed by atoms with Gasteiger partial charge in [-0.2, -0.15) is 0 Å². The van der Waals surface area contributed by atoms with Crippen molar-refractivity contribution in [1.29, 1.82) is 0 Å². The maximum atomic E-state index is 13.3. The fraction of sp³-hybridized carbons (Fsp3) is 0.286. The molecule has 5 nitrogen and oxygen atoms in total. The summed E-state index contributed by atoms with van der Waals surface area (Å²) in [5.41, 5.74) is 2.54. The molecule has 0 atom stereocenters. The van der Waals surface area contributed by atoms with Crippen LogP contribution in [0.3, 0.4) is 0 Å². The van der Waals surface area contributed by atoms with Gasteiger partial charge in [0.25, 0.3) is 5.91 Å². The quantitative estimate of drug-likeness (QED) is 0.667. The molecule has 2 aromatic carbocycles. The van der Waals surface area contributed by atoms with Crippen LogP contribution in [0.4, 0.5) is 0 Å². The van der Waals surface area contributed by atoms with Gasteiger partial charge in [-0.25, -0.2) is 0 Å². The average molecular weight is 386 g/mol. The Morgan fingerprint density at radius 1 is 1.15 bits per heavy atom. The molecule has 0 spiro atoms. The van der Waals surface area contributed by atoms with Crippen molar-refractivity contribution in [2.75, 3.05) is 34.3 Å². The molecule has 0 radical (unpaired) electrons. The number of carbonyl (C=O) groups excluding carboxylic acids is 1. The molecule has 0 bridgehead atoms. The molecular weight excluding hydrogens is 362 g/mol. The van der Waals surface area contributed by atoms with Crippen molar-refractivity contribution in [3.63, 3.8) is 0 Å². The lowest BCUT2D eigenvalue weighted by atomic mass is 10.1. The minimum absolute atomic E-state index is 0.0173. The lowest BCUT2D eigenvalue weighted by Crippen LogP contribution is -2.36. The standard InChI is InChI=1S/C21H24ClN3O2/c1-24(2)9-10-25(14-15-7-5-4-6-8-15)21(26)17-13-23-19-12-18(22)20(27-3)11-16(17)19/h4-8,11-13,23H,9-10,14H2,1-3H3. The molecule has 0 aliphatic heterocycles. The summed E-state index contributed by atoms with van der Waals surface area (Å²) in [7, 11) is 5.58. The van der Waals surface area contributed by atoms with E-state index >= 15 is 0 Å². The molecule has 3 rings (SSSR count). The zero-order valence-electron chi connectivity index (χ0n) is 15.8. The number of amides is 1. The van der Waals surface area contributed by atoms with Gasteiger partial charge in [0.15, 0.2) is 0 Å². The van der Waals surface area contributed by atoms with Gasteiger partial charge in [-0.15, -0.1) is 0 Å². The van der Waals surface area contributed by atoms with Gasteiger partial charge in [-0.3, -0.25) is 4.79 Å². The van der Waals surface area contributed by atoms with Gasteiger partial charge in [0, 0.05) is 36.7 Å². The van der Waals surface area contributed by atoms with Crippen molar-refractivity contribution in [3.05, 3.63) is 64.8 Å². The molecule has 1 aromatic heterocycles. The van der Waals surface area contributed by atoms with Gasteiger partial charge in [0.1, 0.15) is 5.75 Å². The van der Waals surface area contributed by atoms with Crippen LogP contribution < -0.4 is 4.74 Å². The molecule has 1 heterocycles. The monoisotopic (exact) mass is 385 g/mol. The van der Waals surface area contributed by atoms with Crippen LogP contribution in [-0.4, -0.2) is 55.0 Å². The second-order valence-electron chi connectivity index (χ2n) is 6.75. The maximum absolute atomic E-state index is 13.3. The van der Waals surface area contributed by atoms with Crippen LogP contribution in [0, 0.1) is 0 Å². The number of carbonyl (C=O) groups is 1. The highest BCUT2D eigenvalue weighted by atomic mass is 35.5. The van der Waals surface area contributed by atoms with E-state index in [1.165, 1.54) is 0 Å². The normalized spacial score (nSPS) is 11.1. The number of aromatic amines is 1. The summed E-state index contributed by atoms with van der Waals surface area (Å²) >= 11 is 6.20. The number of rotatable bonds is 7. The highest BCUT2D eigenvalue weighted by Gasteiger charge is 2.21. The molecule has 0 saturated carbocycles. The number of likely N-dealkylation sites (N-methyl/N-ethyl adjacent to an activating group) is 1. The zero-order chi connectivity index (χ0) is 19.4. The molecule has 0 aliphatic rings. The van der Waals surface area contributed by atoms with E-state index in [-0.39, 0.29) is 5.91 Å². The van der Waals surface area contributed by atoms with E-state index in [0.717, 1.165) is 23.0 Å². The SMILES string of the molecule is COc1cc2c(C(=O)N(CCN(C)C)Cc3ccccc3)c[nH]c2cc1Cl. The first-order valence-corrected chi connectivity index (χ1v) is 9.20. The Morgan fingerprint density at radius 2 is 1.89 bits per heavy atom. The summed E-state index contributed by atoms with van der Waals surface area (Å²) in [6.45, 7) is 1.99. The summed E-state index contributed by atoms with van der Waals surface area (Å²) in [5.74, 6) is 0.539. The fourth-order valence-electron chi connectivity index (χ4n) is 3.00. The second-order valence-corrected chi connectivity index (χ2v) is 7.16. The number of nitrogens with zero attached hydrogens (tertiary/aromatic N) is 2. The Morgan fingerprint density at radius 3 is 2.56 bits per heavy atom. The largest absolute Gasteiger partial charge is 0.495 e. The average Bonchev–Trinajstić information content (AvgIpc) is 3.07. The summed E-state index contributed by atoms with van der Waals surface area (Å²) in [6.07, 6.45) is 1.75. The predicted molar refractivity (Wildman–Crippen MR) is 110 cm³/mol. The van der Waals surface area contributed by atoms with Crippen molar-refractivity contribution >= 4 is 28.4 Å². The number of ether oxygens (including phenoxy) is 1. The first kappa shape index (κ1) is 19.3. The summed E-state index contributed by atoms with van der Waals surface area (Å²) < 4.78 is 5.31. The molecule has 1 amide bonds. The van der Waals surface area contributed by atoms with Crippen LogP contribution >= 0.6 is 11.6 Å². The molecule has 0 saturated heterocycles. The van der Waals surface area contributed by atoms with Gasteiger partial charge in [0.05, 0.1) is 17.7 Å². The minimum Gasteiger partial charge on any atom is -0.495 e. The number of hydrogen-bond acceptors (Lipinski definition) is 3. The van der Waals surface area contributed by atoms with Crippen LogP contribution in [0.1, 0.15) is 15.9 Å². The van der Waals surface area contributed by atoms with E-state index in [9.17, 15) is 4.79 Å². The van der Waals surface area contributed by atoms with Crippen molar-refractivity contribution in [1.82, 2.24) is 14.8 Å². The maximum Gasteiger partial charge on any atom is 0.256 e. The van der Waals surface area contributed by atoms with Crippen LogP contribution in [0.5, 0.6) is 5.75 Å². The first-order chi connectivity index (χ1) is 13.0. The van der Waals surface area contributed by atoms with Crippen LogP contribution in [0.25, 0.3) is 10.9 Å². The number of nitrogens with one attached hydrogen (secondary N) is 1. The second kappa shape index (κ2) is 8.46. The molecule has 0 aliphatic carbocycles. The van der Waals surface area contributed by atoms with Crippen molar-refractivity contribution in [3.8, 4) is 5.75 Å². The first-order valence-electron chi connectivity index (χ1n) is 8.82. The number of H-pyrrole nitrogens is 1. The fourth-order valence-corrected chi connectivity index (χ4v) is 3.24. The van der Waals surface area contributed by atoms with Gasteiger partial charge >= 0.3 is 0 Å². The summed E-state index contributed by atoms with van der Waals surface area (Å²) in [6, 6.07) is 13.6. The minimum atomic E-state index is -0.0173. The van der Waals surface area contributed by atoms with Crippen LogP contribution in [0.15, 0.2) is 48.7 Å². The molecular formula is C21H24ClN3O2. The molecule has 0 unspecified atom stereocenters. The number of halogens is 1. The smallest absolute Gasteiger partial charge is 0.256 e. The topological polar surface area (TPSA) is 48.6 Å². The Kier molecular flexibility index (Phi) is 6.04. The Bertz CT molecular complexity index is 922. The third-order valence-corrected chi connectivity index (χ3v) is 4.80. The Hall–Kier alpha value is -2.50. The third kappa shape index (κ3) is 4.43. The number of aromatic nitrogens is 1. The van der Waals surface area contributed by atoms with E-state index in [1.807, 2.05) is 55.4 Å². The lowest BCUT2D eigenvalue weighted by Gasteiger charge is -2.24. The molecule has 0 fully saturated rings. The van der Waals surface area contributed by atoms with E-state index in [1.54, 1.807) is 19.4 Å². The van der Waals surface area contributed by atoms with E-state index in [2.05, 4.69) is 9.88 Å². The highest BCUT2D eigenvalue weighted by molar-refractivity contribution is 6.33. The lowest BCUT2D eigenvalue weighted by molar-refractivity contribution is 0.0734.